The average molecular weight is 415 g/mol. The fourth-order valence-corrected chi connectivity index (χ4v) is 5.94. The van der Waals surface area contributed by atoms with Crippen LogP contribution in [0.1, 0.15) is 24.0 Å². The van der Waals surface area contributed by atoms with Crippen molar-refractivity contribution in [1.82, 2.24) is 4.31 Å². The van der Waals surface area contributed by atoms with Gasteiger partial charge in [0, 0.05) is 13.1 Å². The summed E-state index contributed by atoms with van der Waals surface area (Å²) in [5.41, 5.74) is 2.40. The van der Waals surface area contributed by atoms with E-state index in [-0.39, 0.29) is 18.4 Å². The summed E-state index contributed by atoms with van der Waals surface area (Å²) in [5, 5.41) is 0. The third-order valence-electron chi connectivity index (χ3n) is 5.69. The Morgan fingerprint density at radius 1 is 1.10 bits per heavy atom. The highest BCUT2D eigenvalue weighted by Crippen LogP contribution is 2.34. The zero-order chi connectivity index (χ0) is 20.6. The third kappa shape index (κ3) is 3.76. The van der Waals surface area contributed by atoms with Gasteiger partial charge in [-0.05, 0) is 56.0 Å². The molecule has 1 amide bonds. The standard InChI is InChI=1S/C22H26N2O4S/c1-16-9-10-17(2)21(14-16)29(26,27)23-11-5-6-18(15-23)22(25)24-12-13-28-20-8-4-3-7-19(20)24/h3-4,7-10,14,18H,5-6,11-13,15H2,1-2H3/t18-/m1/s1. The van der Waals surface area contributed by atoms with Crippen LogP contribution in [0.25, 0.3) is 0 Å². The first-order valence-corrected chi connectivity index (χ1v) is 11.4. The number of fused-ring (bicyclic) bond motifs is 1. The Morgan fingerprint density at radius 3 is 2.72 bits per heavy atom. The zero-order valence-corrected chi connectivity index (χ0v) is 17.6. The van der Waals surface area contributed by atoms with Gasteiger partial charge in [-0.2, -0.15) is 4.31 Å². The molecule has 2 aliphatic heterocycles. The second-order valence-corrected chi connectivity index (χ2v) is 9.68. The minimum atomic E-state index is -3.63. The summed E-state index contributed by atoms with van der Waals surface area (Å²) in [6.07, 6.45) is 1.36. The van der Waals surface area contributed by atoms with Gasteiger partial charge in [0.2, 0.25) is 15.9 Å². The van der Waals surface area contributed by atoms with Gasteiger partial charge < -0.3 is 9.64 Å². The molecule has 2 aliphatic rings. The number of carbonyl (C=O) groups excluding carboxylic acids is 1. The molecule has 0 aromatic heterocycles. The Balaban J connectivity index is 1.57. The minimum Gasteiger partial charge on any atom is -0.490 e. The van der Waals surface area contributed by atoms with Crippen molar-refractivity contribution < 1.29 is 17.9 Å². The lowest BCUT2D eigenvalue weighted by molar-refractivity contribution is -0.123. The number of sulfonamides is 1. The van der Waals surface area contributed by atoms with Crippen molar-refractivity contribution in [2.45, 2.75) is 31.6 Å². The molecule has 0 radical (unpaired) electrons. The number of para-hydroxylation sites is 2. The molecular formula is C22H26N2O4S. The van der Waals surface area contributed by atoms with Crippen LogP contribution >= 0.6 is 0 Å². The number of rotatable bonds is 3. The van der Waals surface area contributed by atoms with Crippen molar-refractivity contribution in [3.63, 3.8) is 0 Å². The van der Waals surface area contributed by atoms with Gasteiger partial charge in [-0.15, -0.1) is 0 Å². The van der Waals surface area contributed by atoms with Crippen molar-refractivity contribution >= 4 is 21.6 Å². The van der Waals surface area contributed by atoms with Crippen molar-refractivity contribution in [3.8, 4) is 5.75 Å². The van der Waals surface area contributed by atoms with Gasteiger partial charge in [0.15, 0.2) is 0 Å². The second-order valence-electron chi connectivity index (χ2n) is 7.78. The quantitative estimate of drug-likeness (QED) is 0.774. The molecule has 0 aliphatic carbocycles. The molecule has 4 rings (SSSR count). The summed E-state index contributed by atoms with van der Waals surface area (Å²) in [5.74, 6) is 0.319. The highest BCUT2D eigenvalue weighted by Gasteiger charge is 2.37. The number of aryl methyl sites for hydroxylation is 2. The number of anilines is 1. The van der Waals surface area contributed by atoms with E-state index in [1.54, 1.807) is 11.0 Å². The highest BCUT2D eigenvalue weighted by molar-refractivity contribution is 7.89. The van der Waals surface area contributed by atoms with Gasteiger partial charge in [-0.3, -0.25) is 4.79 Å². The van der Waals surface area contributed by atoms with E-state index in [0.717, 1.165) is 16.8 Å². The number of benzene rings is 2. The molecule has 1 atom stereocenters. The normalized spacial score (nSPS) is 20.1. The van der Waals surface area contributed by atoms with E-state index in [4.69, 9.17) is 4.74 Å². The van der Waals surface area contributed by atoms with Crippen molar-refractivity contribution in [1.29, 1.82) is 0 Å². The van der Waals surface area contributed by atoms with E-state index in [2.05, 4.69) is 0 Å². The van der Waals surface area contributed by atoms with E-state index >= 15 is 0 Å². The van der Waals surface area contributed by atoms with Crippen LogP contribution in [-0.4, -0.2) is 44.9 Å². The summed E-state index contributed by atoms with van der Waals surface area (Å²) in [7, 11) is -3.63. The molecule has 0 spiro atoms. The predicted octanol–water partition coefficient (Wildman–Crippen LogP) is 3.13. The van der Waals surface area contributed by atoms with E-state index in [1.165, 1.54) is 4.31 Å². The van der Waals surface area contributed by atoms with Crippen LogP contribution in [0.4, 0.5) is 5.69 Å². The number of piperidine rings is 1. The molecule has 7 heteroatoms. The second kappa shape index (κ2) is 7.80. The Kier molecular flexibility index (Phi) is 5.36. The molecule has 0 unspecified atom stereocenters. The number of ether oxygens (including phenoxy) is 1. The van der Waals surface area contributed by atoms with Gasteiger partial charge >= 0.3 is 0 Å². The van der Waals surface area contributed by atoms with Crippen LogP contribution in [0.2, 0.25) is 0 Å². The van der Waals surface area contributed by atoms with Crippen molar-refractivity contribution in [2.75, 3.05) is 31.1 Å². The molecule has 2 heterocycles. The average Bonchev–Trinajstić information content (AvgIpc) is 2.74. The predicted molar refractivity (Wildman–Crippen MR) is 112 cm³/mol. The molecule has 0 bridgehead atoms. The summed E-state index contributed by atoms with van der Waals surface area (Å²) in [6, 6.07) is 12.9. The lowest BCUT2D eigenvalue weighted by Crippen LogP contribution is -2.48. The smallest absolute Gasteiger partial charge is 0.243 e. The van der Waals surface area contributed by atoms with Crippen LogP contribution < -0.4 is 9.64 Å². The summed E-state index contributed by atoms with van der Waals surface area (Å²) >= 11 is 0. The zero-order valence-electron chi connectivity index (χ0n) is 16.8. The van der Waals surface area contributed by atoms with Crippen molar-refractivity contribution in [3.05, 3.63) is 53.6 Å². The van der Waals surface area contributed by atoms with E-state index in [1.807, 2.05) is 50.2 Å². The summed E-state index contributed by atoms with van der Waals surface area (Å²) in [4.78, 5) is 15.4. The van der Waals surface area contributed by atoms with E-state index in [9.17, 15) is 13.2 Å². The highest BCUT2D eigenvalue weighted by atomic mass is 32.2. The summed E-state index contributed by atoms with van der Waals surface area (Å²) in [6.45, 7) is 5.28. The number of amides is 1. The molecule has 0 saturated carbocycles. The summed E-state index contributed by atoms with van der Waals surface area (Å²) < 4.78 is 33.7. The Morgan fingerprint density at radius 2 is 1.90 bits per heavy atom. The van der Waals surface area contributed by atoms with Gasteiger partial charge in [0.05, 0.1) is 23.0 Å². The van der Waals surface area contributed by atoms with Gasteiger partial charge in [-0.1, -0.05) is 24.3 Å². The number of hydrogen-bond acceptors (Lipinski definition) is 4. The molecule has 1 fully saturated rings. The largest absolute Gasteiger partial charge is 0.490 e. The lowest BCUT2D eigenvalue weighted by Gasteiger charge is -2.36. The van der Waals surface area contributed by atoms with Crippen LogP contribution in [-0.2, 0) is 14.8 Å². The number of nitrogens with zero attached hydrogens (tertiary/aromatic N) is 2. The lowest BCUT2D eigenvalue weighted by atomic mass is 9.97. The fourth-order valence-electron chi connectivity index (χ4n) is 4.11. The molecule has 0 N–H and O–H groups in total. The fraction of sp³-hybridized carbons (Fsp3) is 0.409. The SMILES string of the molecule is Cc1ccc(C)c(S(=O)(=O)N2CCC[C@@H](C(=O)N3CCOc4ccccc43)C2)c1. The first-order chi connectivity index (χ1) is 13.9. The Labute approximate surface area is 172 Å². The number of carbonyl (C=O) groups is 1. The molecule has 6 nitrogen and oxygen atoms in total. The van der Waals surface area contributed by atoms with E-state index in [0.29, 0.717) is 43.2 Å². The maximum atomic E-state index is 13.3. The van der Waals surface area contributed by atoms with Gasteiger partial charge in [0.25, 0.3) is 0 Å². The maximum absolute atomic E-state index is 13.3. The van der Waals surface area contributed by atoms with Crippen molar-refractivity contribution in [2.24, 2.45) is 5.92 Å². The monoisotopic (exact) mass is 414 g/mol. The first kappa shape index (κ1) is 19.9. The molecular weight excluding hydrogens is 388 g/mol. The van der Waals surface area contributed by atoms with Gasteiger partial charge in [0.1, 0.15) is 12.4 Å². The van der Waals surface area contributed by atoms with Crippen LogP contribution in [0.15, 0.2) is 47.4 Å². The van der Waals surface area contributed by atoms with Gasteiger partial charge in [-0.25, -0.2) is 8.42 Å². The van der Waals surface area contributed by atoms with Crippen LogP contribution in [0.3, 0.4) is 0 Å². The number of hydrogen-bond donors (Lipinski definition) is 0. The maximum Gasteiger partial charge on any atom is 0.243 e. The minimum absolute atomic E-state index is 0.0263. The first-order valence-electron chi connectivity index (χ1n) is 9.98. The molecule has 29 heavy (non-hydrogen) atoms. The Bertz CT molecular complexity index is 1030. The van der Waals surface area contributed by atoms with Crippen LogP contribution in [0, 0.1) is 19.8 Å². The molecule has 2 aromatic carbocycles. The molecule has 2 aromatic rings. The topological polar surface area (TPSA) is 66.9 Å². The molecule has 154 valence electrons. The van der Waals surface area contributed by atoms with Crippen LogP contribution in [0.5, 0.6) is 5.75 Å². The third-order valence-corrected chi connectivity index (χ3v) is 7.70. The molecule has 1 saturated heterocycles. The van der Waals surface area contributed by atoms with E-state index < -0.39 is 10.0 Å². The Hall–Kier alpha value is -2.38.